The molecule has 0 aliphatic carbocycles. The van der Waals surface area contributed by atoms with E-state index in [9.17, 15) is 13.2 Å². The van der Waals surface area contributed by atoms with Crippen LogP contribution in [0, 0.1) is 5.92 Å². The zero-order valence-corrected chi connectivity index (χ0v) is 16.7. The van der Waals surface area contributed by atoms with E-state index < -0.39 is 10.0 Å². The van der Waals surface area contributed by atoms with Gasteiger partial charge in [-0.25, -0.2) is 8.42 Å². The van der Waals surface area contributed by atoms with Gasteiger partial charge in [0.2, 0.25) is 15.9 Å². The van der Waals surface area contributed by atoms with Gasteiger partial charge in [0, 0.05) is 37.9 Å². The van der Waals surface area contributed by atoms with Crippen LogP contribution in [-0.2, 0) is 14.8 Å². The lowest BCUT2D eigenvalue weighted by Gasteiger charge is -2.34. The Bertz CT molecular complexity index is 876. The Hall–Kier alpha value is -1.77. The molecule has 6 nitrogen and oxygen atoms in total. The van der Waals surface area contributed by atoms with Crippen LogP contribution in [0.4, 0.5) is 0 Å². The van der Waals surface area contributed by atoms with Crippen LogP contribution in [0.15, 0.2) is 46.2 Å². The van der Waals surface area contributed by atoms with Gasteiger partial charge in [-0.1, -0.05) is 0 Å². The number of rotatable bonds is 4. The minimum absolute atomic E-state index is 0.0930. The number of hydrogen-bond acceptors (Lipinski definition) is 5. The first-order valence-corrected chi connectivity index (χ1v) is 11.7. The van der Waals surface area contributed by atoms with Crippen molar-refractivity contribution in [2.24, 2.45) is 5.92 Å². The van der Waals surface area contributed by atoms with Crippen LogP contribution in [0.2, 0.25) is 0 Å². The van der Waals surface area contributed by atoms with Crippen molar-refractivity contribution in [2.45, 2.75) is 36.6 Å². The molecule has 0 N–H and O–H groups in total. The number of thiophene rings is 1. The van der Waals surface area contributed by atoms with Crippen LogP contribution in [0.5, 0.6) is 0 Å². The van der Waals surface area contributed by atoms with Crippen LogP contribution in [0.1, 0.15) is 37.3 Å². The molecule has 0 saturated carbocycles. The number of nitrogens with zero attached hydrogens (tertiary/aromatic N) is 3. The molecule has 4 heterocycles. The zero-order valence-electron chi connectivity index (χ0n) is 15.0. The summed E-state index contributed by atoms with van der Waals surface area (Å²) in [5, 5.41) is 4.18. The Morgan fingerprint density at radius 1 is 1.15 bits per heavy atom. The van der Waals surface area contributed by atoms with Crippen LogP contribution < -0.4 is 0 Å². The summed E-state index contributed by atoms with van der Waals surface area (Å²) >= 11 is 1.66. The second-order valence-corrected chi connectivity index (χ2v) is 9.83. The molecule has 2 fully saturated rings. The molecule has 2 aromatic heterocycles. The lowest BCUT2D eigenvalue weighted by atomic mass is 9.95. The summed E-state index contributed by atoms with van der Waals surface area (Å²) in [4.78, 5) is 19.2. The number of piperidine rings is 1. The van der Waals surface area contributed by atoms with Crippen LogP contribution in [0.25, 0.3) is 0 Å². The highest BCUT2D eigenvalue weighted by Crippen LogP contribution is 2.35. The highest BCUT2D eigenvalue weighted by Gasteiger charge is 2.37. The predicted octanol–water partition coefficient (Wildman–Crippen LogP) is 2.91. The van der Waals surface area contributed by atoms with E-state index in [2.05, 4.69) is 21.8 Å². The molecule has 0 spiro atoms. The number of pyridine rings is 1. The molecule has 0 radical (unpaired) electrons. The average Bonchev–Trinajstić information content (AvgIpc) is 3.39. The number of carbonyl (C=O) groups excluding carboxylic acids is 1. The molecule has 27 heavy (non-hydrogen) atoms. The monoisotopic (exact) mass is 405 g/mol. The summed E-state index contributed by atoms with van der Waals surface area (Å²) in [6.07, 6.45) is 6.12. The summed E-state index contributed by atoms with van der Waals surface area (Å²) in [5.74, 6) is 0.0895. The molecule has 8 heteroatoms. The second kappa shape index (κ2) is 7.69. The van der Waals surface area contributed by atoms with E-state index in [0.717, 1.165) is 19.4 Å². The van der Waals surface area contributed by atoms with Crippen LogP contribution in [0.3, 0.4) is 0 Å². The Morgan fingerprint density at radius 3 is 2.63 bits per heavy atom. The fourth-order valence-electron chi connectivity index (χ4n) is 4.07. The third kappa shape index (κ3) is 3.66. The normalized spacial score (nSPS) is 22.2. The van der Waals surface area contributed by atoms with Crippen molar-refractivity contribution in [3.8, 4) is 0 Å². The summed E-state index contributed by atoms with van der Waals surface area (Å²) < 4.78 is 26.9. The fourth-order valence-corrected chi connectivity index (χ4v) is 6.21. The Balaban J connectivity index is 1.41. The first kappa shape index (κ1) is 18.6. The number of likely N-dealkylation sites (tertiary alicyclic amines) is 1. The summed E-state index contributed by atoms with van der Waals surface area (Å²) in [5.41, 5.74) is 1.22. The standard InChI is InChI=1S/C19H23N3O3S2/c23-19(22-9-2-4-18(22)16-7-12-26-14-16)15-5-10-21(11-6-15)27(24,25)17-3-1-8-20-13-17/h1,3,7-8,12-15,18H,2,4-6,9-11H2. The number of amides is 1. The number of carbonyl (C=O) groups is 1. The van der Waals surface area contributed by atoms with Crippen molar-refractivity contribution in [1.82, 2.24) is 14.2 Å². The first-order chi connectivity index (χ1) is 13.1. The highest BCUT2D eigenvalue weighted by atomic mass is 32.2. The topological polar surface area (TPSA) is 70.6 Å². The maximum absolute atomic E-state index is 13.1. The summed E-state index contributed by atoms with van der Waals surface area (Å²) in [6, 6.07) is 5.47. The largest absolute Gasteiger partial charge is 0.335 e. The maximum Gasteiger partial charge on any atom is 0.244 e. The minimum atomic E-state index is -3.53. The Kier molecular flexibility index (Phi) is 5.29. The smallest absolute Gasteiger partial charge is 0.244 e. The van der Waals surface area contributed by atoms with Gasteiger partial charge in [0.05, 0.1) is 6.04 Å². The van der Waals surface area contributed by atoms with E-state index in [1.807, 2.05) is 4.90 Å². The molecule has 2 saturated heterocycles. The third-order valence-electron chi connectivity index (χ3n) is 5.54. The number of aromatic nitrogens is 1. The Labute approximate surface area is 163 Å². The number of sulfonamides is 1. The van der Waals surface area contributed by atoms with Crippen molar-refractivity contribution in [3.63, 3.8) is 0 Å². The Morgan fingerprint density at radius 2 is 1.96 bits per heavy atom. The minimum Gasteiger partial charge on any atom is -0.335 e. The second-order valence-electron chi connectivity index (χ2n) is 7.11. The van der Waals surface area contributed by atoms with Gasteiger partial charge in [0.15, 0.2) is 0 Å². The quantitative estimate of drug-likeness (QED) is 0.784. The fraction of sp³-hybridized carbons (Fsp3) is 0.474. The van der Waals surface area contributed by atoms with Gasteiger partial charge in [0.1, 0.15) is 4.90 Å². The van der Waals surface area contributed by atoms with E-state index in [4.69, 9.17) is 0 Å². The number of hydrogen-bond donors (Lipinski definition) is 0. The SMILES string of the molecule is O=C(C1CCN(S(=O)(=O)c2cccnc2)CC1)N1CCCC1c1ccsc1. The van der Waals surface area contributed by atoms with Gasteiger partial charge >= 0.3 is 0 Å². The molecule has 2 aliphatic rings. The van der Waals surface area contributed by atoms with E-state index in [1.165, 1.54) is 16.1 Å². The van der Waals surface area contributed by atoms with Crippen molar-refractivity contribution in [3.05, 3.63) is 46.9 Å². The van der Waals surface area contributed by atoms with Gasteiger partial charge in [0.25, 0.3) is 0 Å². The molecule has 2 aromatic rings. The van der Waals surface area contributed by atoms with Gasteiger partial charge in [-0.05, 0) is 60.2 Å². The van der Waals surface area contributed by atoms with Crippen molar-refractivity contribution < 1.29 is 13.2 Å². The van der Waals surface area contributed by atoms with Gasteiger partial charge in [-0.3, -0.25) is 9.78 Å². The molecule has 144 valence electrons. The van der Waals surface area contributed by atoms with Crippen LogP contribution >= 0.6 is 11.3 Å². The first-order valence-electron chi connectivity index (χ1n) is 9.30. The zero-order chi connectivity index (χ0) is 18.9. The molecule has 0 bridgehead atoms. The maximum atomic E-state index is 13.1. The molecular formula is C19H23N3O3S2. The van der Waals surface area contributed by atoms with Crippen molar-refractivity contribution in [1.29, 1.82) is 0 Å². The van der Waals surface area contributed by atoms with E-state index in [0.29, 0.717) is 25.9 Å². The molecule has 1 atom stereocenters. The lowest BCUT2D eigenvalue weighted by Crippen LogP contribution is -2.44. The molecule has 2 aliphatic heterocycles. The molecule has 1 unspecified atom stereocenters. The van der Waals surface area contributed by atoms with Gasteiger partial charge in [-0.15, -0.1) is 0 Å². The van der Waals surface area contributed by atoms with Gasteiger partial charge < -0.3 is 4.90 Å². The van der Waals surface area contributed by atoms with Crippen molar-refractivity contribution >= 4 is 27.3 Å². The molecular weight excluding hydrogens is 382 g/mol. The molecule has 1 amide bonds. The van der Waals surface area contributed by atoms with Crippen LogP contribution in [-0.4, -0.2) is 48.1 Å². The predicted molar refractivity (Wildman–Crippen MR) is 104 cm³/mol. The summed E-state index contributed by atoms with van der Waals surface area (Å²) in [6.45, 7) is 1.56. The van der Waals surface area contributed by atoms with E-state index in [-0.39, 0.29) is 22.8 Å². The van der Waals surface area contributed by atoms with E-state index >= 15 is 0 Å². The lowest BCUT2D eigenvalue weighted by molar-refractivity contribution is -0.137. The van der Waals surface area contributed by atoms with Crippen molar-refractivity contribution in [2.75, 3.05) is 19.6 Å². The summed E-state index contributed by atoms with van der Waals surface area (Å²) in [7, 11) is -3.53. The highest BCUT2D eigenvalue weighted by molar-refractivity contribution is 7.89. The molecule has 4 rings (SSSR count). The third-order valence-corrected chi connectivity index (χ3v) is 8.12. The molecule has 0 aromatic carbocycles. The average molecular weight is 406 g/mol. The van der Waals surface area contributed by atoms with Gasteiger partial charge in [-0.2, -0.15) is 15.6 Å². The van der Waals surface area contributed by atoms with E-state index in [1.54, 1.807) is 29.7 Å².